The van der Waals surface area contributed by atoms with Crippen molar-refractivity contribution >= 4 is 38.4 Å². The fourth-order valence-electron chi connectivity index (χ4n) is 5.40. The molecule has 0 saturated heterocycles. The van der Waals surface area contributed by atoms with Crippen molar-refractivity contribution in [2.75, 3.05) is 0 Å². The van der Waals surface area contributed by atoms with Gasteiger partial charge in [-0.05, 0) is 69.1 Å². The molecule has 3 heteroatoms. The Morgan fingerprint density at radius 3 is 2.50 bits per heavy atom. The number of hydrogen-bond donors (Lipinski definition) is 1. The molecule has 2 aliphatic carbocycles. The van der Waals surface area contributed by atoms with Crippen molar-refractivity contribution in [1.82, 2.24) is 4.98 Å². The van der Waals surface area contributed by atoms with Gasteiger partial charge in [-0.25, -0.2) is 0 Å². The quantitative estimate of drug-likeness (QED) is 0.305. The lowest BCUT2D eigenvalue weighted by molar-refractivity contribution is -0.139. The summed E-state index contributed by atoms with van der Waals surface area (Å²) in [6.07, 6.45) is 5.74. The highest BCUT2D eigenvalue weighted by molar-refractivity contribution is 6.09. The van der Waals surface area contributed by atoms with Gasteiger partial charge in [-0.1, -0.05) is 66.7 Å². The van der Waals surface area contributed by atoms with Crippen LogP contribution in [-0.4, -0.2) is 16.1 Å². The SMILES string of the molecule is O=C(O)C1CCCc2ccc3c(ccc4ccccc43)c21.c1cc2c3ncc(cc3c1)C2. The molecule has 0 spiro atoms. The lowest BCUT2D eigenvalue weighted by Crippen LogP contribution is -2.18. The van der Waals surface area contributed by atoms with Gasteiger partial charge in [-0.2, -0.15) is 0 Å². The Labute approximate surface area is 186 Å². The van der Waals surface area contributed by atoms with Crippen molar-refractivity contribution in [1.29, 1.82) is 0 Å². The number of aryl methyl sites for hydroxylation is 1. The first-order valence-electron chi connectivity index (χ1n) is 11.2. The number of aromatic nitrogens is 1. The Kier molecular flexibility index (Phi) is 4.43. The van der Waals surface area contributed by atoms with Gasteiger partial charge in [0.2, 0.25) is 0 Å². The van der Waals surface area contributed by atoms with E-state index in [1.54, 1.807) is 0 Å². The van der Waals surface area contributed by atoms with Crippen LogP contribution in [0.4, 0.5) is 0 Å². The molecule has 1 unspecified atom stereocenters. The first-order valence-corrected chi connectivity index (χ1v) is 11.2. The number of aliphatic carboxylic acids is 1. The second kappa shape index (κ2) is 7.45. The summed E-state index contributed by atoms with van der Waals surface area (Å²) in [6.45, 7) is 0. The van der Waals surface area contributed by atoms with Gasteiger partial charge in [0.1, 0.15) is 0 Å². The highest BCUT2D eigenvalue weighted by Crippen LogP contribution is 2.39. The summed E-state index contributed by atoms with van der Waals surface area (Å²) in [5.41, 5.74) is 6.14. The molecule has 32 heavy (non-hydrogen) atoms. The Morgan fingerprint density at radius 1 is 0.844 bits per heavy atom. The molecule has 0 saturated carbocycles. The third-order valence-electron chi connectivity index (χ3n) is 6.89. The summed E-state index contributed by atoms with van der Waals surface area (Å²) in [5.74, 6) is -1.06. The first kappa shape index (κ1) is 19.0. The van der Waals surface area contributed by atoms with E-state index in [1.165, 1.54) is 43.8 Å². The van der Waals surface area contributed by atoms with Crippen LogP contribution >= 0.6 is 0 Å². The molecule has 1 atom stereocenters. The second-order valence-corrected chi connectivity index (χ2v) is 8.81. The predicted molar refractivity (Wildman–Crippen MR) is 129 cm³/mol. The Morgan fingerprint density at radius 2 is 1.69 bits per heavy atom. The van der Waals surface area contributed by atoms with E-state index in [1.807, 2.05) is 18.3 Å². The summed E-state index contributed by atoms with van der Waals surface area (Å²) < 4.78 is 0. The van der Waals surface area contributed by atoms with E-state index in [0.29, 0.717) is 0 Å². The number of pyridine rings is 1. The van der Waals surface area contributed by atoms with Gasteiger partial charge >= 0.3 is 5.97 Å². The van der Waals surface area contributed by atoms with E-state index >= 15 is 0 Å². The summed E-state index contributed by atoms with van der Waals surface area (Å²) >= 11 is 0. The number of fused-ring (bicyclic) bond motifs is 6. The lowest BCUT2D eigenvalue weighted by atomic mass is 9.79. The molecule has 1 N–H and O–H groups in total. The zero-order valence-corrected chi connectivity index (χ0v) is 17.7. The van der Waals surface area contributed by atoms with Crippen LogP contribution in [0.1, 0.15) is 41.0 Å². The Bertz CT molecular complexity index is 1520. The number of para-hydroxylation sites is 1. The minimum absolute atomic E-state index is 0.362. The fraction of sp³-hybridized carbons (Fsp3) is 0.172. The molecule has 2 heterocycles. The average Bonchev–Trinajstić information content (AvgIpc) is 2.83. The molecule has 5 aromatic rings. The van der Waals surface area contributed by atoms with Gasteiger partial charge in [0.05, 0.1) is 11.4 Å². The molecule has 1 aromatic heterocycles. The smallest absolute Gasteiger partial charge is 0.311 e. The molecule has 3 nitrogen and oxygen atoms in total. The van der Waals surface area contributed by atoms with E-state index in [-0.39, 0.29) is 5.92 Å². The minimum atomic E-state index is -0.698. The highest BCUT2D eigenvalue weighted by Gasteiger charge is 2.28. The van der Waals surface area contributed by atoms with E-state index in [2.05, 4.69) is 65.6 Å². The van der Waals surface area contributed by atoms with Crippen LogP contribution in [0.3, 0.4) is 0 Å². The van der Waals surface area contributed by atoms with Crippen LogP contribution in [0.25, 0.3) is 32.4 Å². The molecule has 0 amide bonds. The average molecular weight is 418 g/mol. The van der Waals surface area contributed by atoms with Crippen molar-refractivity contribution in [3.05, 3.63) is 101 Å². The largest absolute Gasteiger partial charge is 0.481 e. The first-order chi connectivity index (χ1) is 15.7. The second-order valence-electron chi connectivity index (χ2n) is 8.81. The predicted octanol–water partition coefficient (Wildman–Crippen LogP) is 6.64. The van der Waals surface area contributed by atoms with E-state index < -0.39 is 5.97 Å². The molecule has 4 aromatic carbocycles. The maximum atomic E-state index is 11.6. The van der Waals surface area contributed by atoms with Crippen molar-refractivity contribution in [2.45, 2.75) is 31.6 Å². The molecule has 0 fully saturated rings. The third-order valence-corrected chi connectivity index (χ3v) is 6.89. The summed E-state index contributed by atoms with van der Waals surface area (Å²) in [6, 6.07) is 25.4. The van der Waals surface area contributed by atoms with Gasteiger partial charge in [-0.3, -0.25) is 9.78 Å². The topological polar surface area (TPSA) is 50.2 Å². The number of carboxylic acids is 1. The molecular weight excluding hydrogens is 394 g/mol. The molecule has 3 aliphatic rings. The third kappa shape index (κ3) is 3.04. The van der Waals surface area contributed by atoms with Crippen molar-refractivity contribution in [3.63, 3.8) is 0 Å². The highest BCUT2D eigenvalue weighted by atomic mass is 16.4. The molecule has 0 radical (unpaired) electrons. The van der Waals surface area contributed by atoms with Crippen LogP contribution in [0.2, 0.25) is 0 Å². The maximum Gasteiger partial charge on any atom is 0.311 e. The monoisotopic (exact) mass is 417 g/mol. The van der Waals surface area contributed by atoms with Gasteiger partial charge < -0.3 is 5.11 Å². The standard InChI is InChI=1S/C19H16O2.C10H7N/c20-19(21)17-7-3-5-13-9-10-15-14-6-2-1-4-12(14)8-11-16(15)18(13)17;1-2-8-4-7-5-9(3-1)10(8)11-6-7/h1-2,4,6,8-11,17H,3,5,7H2,(H,20,21);1-4,6H,5H2. The van der Waals surface area contributed by atoms with Crippen molar-refractivity contribution < 1.29 is 9.90 Å². The molecule has 1 aliphatic heterocycles. The number of benzene rings is 4. The maximum absolute atomic E-state index is 11.6. The number of carboxylic acid groups (broad SMARTS) is 1. The van der Waals surface area contributed by atoms with Crippen LogP contribution < -0.4 is 0 Å². The minimum Gasteiger partial charge on any atom is -0.481 e. The summed E-state index contributed by atoms with van der Waals surface area (Å²) in [7, 11) is 0. The number of nitrogens with zero attached hydrogens (tertiary/aromatic N) is 1. The molecule has 4 bridgehead atoms. The zero-order valence-electron chi connectivity index (χ0n) is 17.7. The summed E-state index contributed by atoms with van der Waals surface area (Å²) in [5, 5.41) is 15.5. The van der Waals surface area contributed by atoms with E-state index in [9.17, 15) is 9.90 Å². The van der Waals surface area contributed by atoms with Crippen LogP contribution in [-0.2, 0) is 17.6 Å². The fourth-order valence-corrected chi connectivity index (χ4v) is 5.40. The number of hydrogen-bond acceptors (Lipinski definition) is 2. The molecule has 8 rings (SSSR count). The molecule has 156 valence electrons. The van der Waals surface area contributed by atoms with Gasteiger partial charge in [-0.15, -0.1) is 0 Å². The van der Waals surface area contributed by atoms with Gasteiger partial charge in [0.25, 0.3) is 0 Å². The summed E-state index contributed by atoms with van der Waals surface area (Å²) in [4.78, 5) is 16.0. The molecular formula is C29H23NO2. The van der Waals surface area contributed by atoms with Crippen molar-refractivity contribution in [2.24, 2.45) is 0 Å². The van der Waals surface area contributed by atoms with E-state index in [0.717, 1.165) is 36.6 Å². The lowest BCUT2D eigenvalue weighted by Gasteiger charge is -2.24. The normalized spacial score (nSPS) is 16.2. The zero-order chi connectivity index (χ0) is 21.7. The van der Waals surface area contributed by atoms with Gasteiger partial charge in [0.15, 0.2) is 0 Å². The Balaban J connectivity index is 0.000000148. The number of carbonyl (C=O) groups is 1. The number of rotatable bonds is 1. The Hall–Kier alpha value is -3.72. The van der Waals surface area contributed by atoms with Crippen molar-refractivity contribution in [3.8, 4) is 0 Å². The van der Waals surface area contributed by atoms with Crippen LogP contribution in [0.15, 0.2) is 79.0 Å². The van der Waals surface area contributed by atoms with E-state index in [4.69, 9.17) is 0 Å². The van der Waals surface area contributed by atoms with Gasteiger partial charge in [0, 0.05) is 18.0 Å². The van der Waals surface area contributed by atoms with Crippen LogP contribution in [0, 0.1) is 0 Å². The van der Waals surface area contributed by atoms with Crippen LogP contribution in [0.5, 0.6) is 0 Å².